The van der Waals surface area contributed by atoms with Crippen LogP contribution < -0.4 is 0 Å². The molecule has 2 aromatic carbocycles. The third-order valence-corrected chi connectivity index (χ3v) is 9.71. The van der Waals surface area contributed by atoms with Gasteiger partial charge in [-0.15, -0.1) is 6.58 Å². The molecule has 36 heavy (non-hydrogen) atoms. The van der Waals surface area contributed by atoms with E-state index in [1.807, 2.05) is 0 Å². The fraction of sp³-hybridized carbons (Fsp3) is 0.562. The van der Waals surface area contributed by atoms with Crippen molar-refractivity contribution in [2.45, 2.75) is 94.8 Å². The summed E-state index contributed by atoms with van der Waals surface area (Å²) in [5.74, 6) is -0.0820. The lowest BCUT2D eigenvalue weighted by Gasteiger charge is -2.37. The van der Waals surface area contributed by atoms with Gasteiger partial charge in [-0.05, 0) is 148 Å². The van der Waals surface area contributed by atoms with E-state index >= 15 is 8.78 Å². The van der Waals surface area contributed by atoms with Crippen LogP contribution in [0, 0.1) is 41.0 Å². The minimum Gasteiger partial charge on any atom is -0.207 e. The Morgan fingerprint density at radius 3 is 1.56 bits per heavy atom. The third kappa shape index (κ3) is 5.43. The minimum absolute atomic E-state index is 0.101. The summed E-state index contributed by atoms with van der Waals surface area (Å²) in [7, 11) is 0. The minimum atomic E-state index is -0.846. The van der Waals surface area contributed by atoms with E-state index < -0.39 is 23.3 Å². The van der Waals surface area contributed by atoms with Crippen LogP contribution in [0.3, 0.4) is 0 Å². The molecule has 0 unspecified atom stereocenters. The summed E-state index contributed by atoms with van der Waals surface area (Å²) in [6, 6.07) is 7.24. The summed E-state index contributed by atoms with van der Waals surface area (Å²) in [5, 5.41) is 0. The van der Waals surface area contributed by atoms with Gasteiger partial charge in [0.25, 0.3) is 0 Å². The molecule has 0 saturated heterocycles. The Hall–Kier alpha value is -2.10. The summed E-state index contributed by atoms with van der Waals surface area (Å²) in [4.78, 5) is 0. The van der Waals surface area contributed by atoms with E-state index in [-0.39, 0.29) is 23.3 Å². The van der Waals surface area contributed by atoms with Gasteiger partial charge in [-0.2, -0.15) is 0 Å². The van der Waals surface area contributed by atoms with Gasteiger partial charge in [0.05, 0.1) is 0 Å². The molecule has 0 N–H and O–H groups in total. The monoisotopic (exact) mass is 498 g/mol. The molecule has 3 aliphatic carbocycles. The third-order valence-electron chi connectivity index (χ3n) is 9.71. The maximum absolute atomic E-state index is 15.3. The zero-order valence-corrected chi connectivity index (χ0v) is 21.1. The van der Waals surface area contributed by atoms with E-state index in [0.717, 1.165) is 67.6 Å². The maximum Gasteiger partial charge on any atom is 0.159 e. The van der Waals surface area contributed by atoms with Crippen LogP contribution in [0.4, 0.5) is 17.6 Å². The van der Waals surface area contributed by atoms with Crippen LogP contribution in [0.1, 0.15) is 111 Å². The number of hydrogen-bond donors (Lipinski definition) is 0. The normalized spacial score (nSPS) is 31.2. The predicted octanol–water partition coefficient (Wildman–Crippen LogP) is 9.95. The molecule has 3 fully saturated rings. The highest BCUT2D eigenvalue weighted by molar-refractivity contribution is 5.32. The number of allylic oxidation sites excluding steroid dienone is 1. The van der Waals surface area contributed by atoms with E-state index in [1.165, 1.54) is 31.7 Å². The zero-order valence-electron chi connectivity index (χ0n) is 21.1. The van der Waals surface area contributed by atoms with Crippen LogP contribution in [0.2, 0.25) is 0 Å². The Kier molecular flexibility index (Phi) is 7.88. The second-order valence-corrected chi connectivity index (χ2v) is 11.6. The summed E-state index contributed by atoms with van der Waals surface area (Å²) < 4.78 is 57.4. The standard InChI is InChI=1S/C32H38F4/c1-2-20-3-5-21(6-4-20)22-7-9-24(10-8-22)27-18-30(35)32(31(36)19-27)25-13-11-23(12-14-25)26-15-16-28(33)29(34)17-26/h2,15-25H,1,3-14H2. The van der Waals surface area contributed by atoms with Gasteiger partial charge in [0, 0.05) is 5.56 Å². The van der Waals surface area contributed by atoms with Crippen molar-refractivity contribution in [2.75, 3.05) is 0 Å². The molecule has 4 heteroatoms. The molecular formula is C32H38F4. The SMILES string of the molecule is C=CC1CCC(C2CCC(c3cc(F)c(C4CCC(c5ccc(F)c(F)c5)CC4)c(F)c3)CC2)CC1. The van der Waals surface area contributed by atoms with Gasteiger partial charge in [-0.25, -0.2) is 17.6 Å². The highest BCUT2D eigenvalue weighted by Crippen LogP contribution is 2.46. The topological polar surface area (TPSA) is 0 Å². The van der Waals surface area contributed by atoms with Crippen LogP contribution in [0.15, 0.2) is 43.0 Å². The first kappa shape index (κ1) is 25.5. The average Bonchev–Trinajstić information content (AvgIpc) is 2.90. The maximum atomic E-state index is 15.3. The van der Waals surface area contributed by atoms with E-state index in [0.29, 0.717) is 18.8 Å². The van der Waals surface area contributed by atoms with E-state index in [1.54, 1.807) is 18.2 Å². The highest BCUT2D eigenvalue weighted by atomic mass is 19.2. The van der Waals surface area contributed by atoms with Crippen molar-refractivity contribution in [2.24, 2.45) is 17.8 Å². The van der Waals surface area contributed by atoms with Crippen molar-refractivity contribution < 1.29 is 17.6 Å². The summed E-state index contributed by atoms with van der Waals surface area (Å²) in [5.41, 5.74) is 1.81. The first-order valence-electron chi connectivity index (χ1n) is 14.0. The highest BCUT2D eigenvalue weighted by Gasteiger charge is 2.32. The van der Waals surface area contributed by atoms with Crippen molar-refractivity contribution >= 4 is 0 Å². The quantitative estimate of drug-likeness (QED) is 0.284. The number of rotatable bonds is 5. The van der Waals surface area contributed by atoms with Crippen LogP contribution >= 0.6 is 0 Å². The summed E-state index contributed by atoms with van der Waals surface area (Å²) in [6.45, 7) is 3.95. The molecule has 0 nitrogen and oxygen atoms in total. The number of halogens is 4. The summed E-state index contributed by atoms with van der Waals surface area (Å²) >= 11 is 0. The Morgan fingerprint density at radius 2 is 1.00 bits per heavy atom. The fourth-order valence-corrected chi connectivity index (χ4v) is 7.49. The Labute approximate surface area is 213 Å². The first-order chi connectivity index (χ1) is 17.4. The molecule has 0 radical (unpaired) electrons. The van der Waals surface area contributed by atoms with E-state index in [4.69, 9.17) is 0 Å². The van der Waals surface area contributed by atoms with Crippen LogP contribution in [0.25, 0.3) is 0 Å². The van der Waals surface area contributed by atoms with Gasteiger partial charge in [0.2, 0.25) is 0 Å². The molecule has 0 amide bonds. The van der Waals surface area contributed by atoms with Gasteiger partial charge in [-0.3, -0.25) is 0 Å². The molecular weight excluding hydrogens is 460 g/mol. The van der Waals surface area contributed by atoms with Gasteiger partial charge in [0.1, 0.15) is 11.6 Å². The van der Waals surface area contributed by atoms with Crippen molar-refractivity contribution in [3.63, 3.8) is 0 Å². The second kappa shape index (κ2) is 11.1. The molecule has 5 rings (SSSR count). The van der Waals surface area contributed by atoms with Crippen molar-refractivity contribution in [1.82, 2.24) is 0 Å². The van der Waals surface area contributed by atoms with Gasteiger partial charge >= 0.3 is 0 Å². The summed E-state index contributed by atoms with van der Waals surface area (Å²) in [6.07, 6.45) is 14.3. The Bertz CT molecular complexity index is 1030. The van der Waals surface area contributed by atoms with Gasteiger partial charge in [0.15, 0.2) is 11.6 Å². The van der Waals surface area contributed by atoms with Crippen LogP contribution in [-0.4, -0.2) is 0 Å². The number of benzene rings is 2. The second-order valence-electron chi connectivity index (χ2n) is 11.6. The molecule has 0 atom stereocenters. The Balaban J connectivity index is 1.18. The molecule has 0 aliphatic heterocycles. The Morgan fingerprint density at radius 1 is 0.528 bits per heavy atom. The first-order valence-corrected chi connectivity index (χ1v) is 14.0. The molecule has 3 aliphatic rings. The van der Waals surface area contributed by atoms with Gasteiger partial charge in [-0.1, -0.05) is 12.1 Å². The predicted molar refractivity (Wildman–Crippen MR) is 137 cm³/mol. The smallest absolute Gasteiger partial charge is 0.159 e. The van der Waals surface area contributed by atoms with Crippen LogP contribution in [-0.2, 0) is 0 Å². The lowest BCUT2D eigenvalue weighted by atomic mass is 9.68. The lowest BCUT2D eigenvalue weighted by Crippen LogP contribution is -2.25. The fourth-order valence-electron chi connectivity index (χ4n) is 7.49. The molecule has 0 bridgehead atoms. The largest absolute Gasteiger partial charge is 0.207 e. The number of hydrogen-bond acceptors (Lipinski definition) is 0. The van der Waals surface area contributed by atoms with Crippen molar-refractivity contribution in [1.29, 1.82) is 0 Å². The average molecular weight is 499 g/mol. The van der Waals surface area contributed by atoms with E-state index in [9.17, 15) is 8.78 Å². The molecule has 2 aromatic rings. The van der Waals surface area contributed by atoms with Crippen LogP contribution in [0.5, 0.6) is 0 Å². The van der Waals surface area contributed by atoms with Crippen molar-refractivity contribution in [3.8, 4) is 0 Å². The molecule has 0 heterocycles. The molecule has 0 spiro atoms. The van der Waals surface area contributed by atoms with Crippen molar-refractivity contribution in [3.05, 3.63) is 82.9 Å². The molecule has 3 saturated carbocycles. The lowest BCUT2D eigenvalue weighted by molar-refractivity contribution is 0.171. The zero-order chi connectivity index (χ0) is 25.2. The van der Waals surface area contributed by atoms with Gasteiger partial charge < -0.3 is 0 Å². The molecule has 0 aromatic heterocycles. The molecule has 194 valence electrons. The van der Waals surface area contributed by atoms with E-state index in [2.05, 4.69) is 12.7 Å².